The maximum absolute atomic E-state index is 12.2. The highest BCUT2D eigenvalue weighted by molar-refractivity contribution is 5.74. The summed E-state index contributed by atoms with van der Waals surface area (Å²) in [5.41, 5.74) is 2.35. The summed E-state index contributed by atoms with van der Waals surface area (Å²) in [4.78, 5) is 9.99. The molecule has 25 heavy (non-hydrogen) atoms. The lowest BCUT2D eigenvalue weighted by Crippen LogP contribution is -1.92. The lowest BCUT2D eigenvalue weighted by molar-refractivity contribution is 0.112. The highest BCUT2D eigenvalue weighted by Gasteiger charge is 1.96. The molecule has 0 heterocycles. The van der Waals surface area contributed by atoms with Crippen LogP contribution in [0.2, 0.25) is 0 Å². The van der Waals surface area contributed by atoms with Gasteiger partial charge in [-0.15, -0.1) is 0 Å². The highest BCUT2D eigenvalue weighted by Crippen LogP contribution is 2.19. The van der Waals surface area contributed by atoms with Crippen LogP contribution in [0.3, 0.4) is 0 Å². The molecule has 0 amide bonds. The number of rotatable bonds is 6. The summed E-state index contributed by atoms with van der Waals surface area (Å²) in [6.45, 7) is 9.50. The van der Waals surface area contributed by atoms with Gasteiger partial charge in [0, 0.05) is 24.4 Å². The van der Waals surface area contributed by atoms with Crippen LogP contribution in [0.5, 0.6) is 5.75 Å². The Morgan fingerprint density at radius 2 is 1.84 bits per heavy atom. The van der Waals surface area contributed by atoms with E-state index in [1.165, 1.54) is 18.2 Å². The molecule has 0 radical (unpaired) electrons. The molecule has 2 aromatic rings. The first-order valence-corrected chi connectivity index (χ1v) is 7.63. The Hall–Kier alpha value is -3.14. The SMILES string of the molecule is C=C(C)/C=C\C(=C)Oc1cccc(NC)c1.O=Cc1cccc(F)c1. The zero-order valence-electron chi connectivity index (χ0n) is 14.5. The van der Waals surface area contributed by atoms with Gasteiger partial charge in [-0.2, -0.15) is 0 Å². The van der Waals surface area contributed by atoms with Crippen molar-refractivity contribution < 1.29 is 13.9 Å². The van der Waals surface area contributed by atoms with Crippen molar-refractivity contribution in [3.05, 3.63) is 96.6 Å². The van der Waals surface area contributed by atoms with Gasteiger partial charge in [0.25, 0.3) is 0 Å². The van der Waals surface area contributed by atoms with Crippen LogP contribution in [-0.2, 0) is 0 Å². The fourth-order valence-electron chi connectivity index (χ4n) is 1.72. The number of hydrogen-bond acceptors (Lipinski definition) is 3. The lowest BCUT2D eigenvalue weighted by atomic mass is 10.2. The number of carbonyl (C=O) groups is 1. The van der Waals surface area contributed by atoms with E-state index in [1.807, 2.05) is 44.3 Å². The molecule has 0 saturated carbocycles. The second-order valence-corrected chi connectivity index (χ2v) is 5.20. The van der Waals surface area contributed by atoms with E-state index in [0.717, 1.165) is 17.0 Å². The van der Waals surface area contributed by atoms with Gasteiger partial charge in [0.15, 0.2) is 0 Å². The molecule has 0 aromatic heterocycles. The fourth-order valence-corrected chi connectivity index (χ4v) is 1.72. The van der Waals surface area contributed by atoms with Crippen LogP contribution in [0.25, 0.3) is 0 Å². The van der Waals surface area contributed by atoms with Crippen molar-refractivity contribution in [2.24, 2.45) is 0 Å². The third-order valence-electron chi connectivity index (χ3n) is 2.91. The van der Waals surface area contributed by atoms with E-state index in [4.69, 9.17) is 4.74 Å². The smallest absolute Gasteiger partial charge is 0.150 e. The van der Waals surface area contributed by atoms with Gasteiger partial charge >= 0.3 is 0 Å². The summed E-state index contributed by atoms with van der Waals surface area (Å²) in [7, 11) is 1.87. The number of ether oxygens (including phenoxy) is 1. The van der Waals surface area contributed by atoms with Gasteiger partial charge < -0.3 is 10.1 Å². The molecule has 0 unspecified atom stereocenters. The zero-order chi connectivity index (χ0) is 18.7. The monoisotopic (exact) mass is 339 g/mol. The zero-order valence-corrected chi connectivity index (χ0v) is 14.5. The van der Waals surface area contributed by atoms with E-state index in [2.05, 4.69) is 18.5 Å². The molecule has 0 atom stereocenters. The van der Waals surface area contributed by atoms with Crippen molar-refractivity contribution in [1.82, 2.24) is 0 Å². The number of benzene rings is 2. The summed E-state index contributed by atoms with van der Waals surface area (Å²) in [6.07, 6.45) is 4.28. The minimum atomic E-state index is -0.375. The molecule has 0 saturated heterocycles. The predicted octanol–water partition coefficient (Wildman–Crippen LogP) is 5.39. The Kier molecular flexibility index (Phi) is 8.44. The van der Waals surface area contributed by atoms with Crippen LogP contribution >= 0.6 is 0 Å². The number of aldehydes is 1. The quantitative estimate of drug-likeness (QED) is 0.435. The van der Waals surface area contributed by atoms with Crippen molar-refractivity contribution >= 4 is 12.0 Å². The molecule has 0 aliphatic carbocycles. The van der Waals surface area contributed by atoms with Gasteiger partial charge in [0.1, 0.15) is 23.6 Å². The highest BCUT2D eigenvalue weighted by atomic mass is 19.1. The number of anilines is 1. The third-order valence-corrected chi connectivity index (χ3v) is 2.91. The molecule has 3 nitrogen and oxygen atoms in total. The Morgan fingerprint density at radius 1 is 1.12 bits per heavy atom. The van der Waals surface area contributed by atoms with E-state index >= 15 is 0 Å². The normalized spacial score (nSPS) is 9.72. The number of carbonyl (C=O) groups excluding carboxylic acids is 1. The maximum Gasteiger partial charge on any atom is 0.150 e. The summed E-state index contributed by atoms with van der Waals surface area (Å²) in [5.74, 6) is 0.985. The minimum absolute atomic E-state index is 0.370. The average molecular weight is 339 g/mol. The van der Waals surface area contributed by atoms with E-state index < -0.39 is 0 Å². The molecule has 0 fully saturated rings. The van der Waals surface area contributed by atoms with Crippen LogP contribution in [0.4, 0.5) is 10.1 Å². The first-order chi connectivity index (χ1) is 11.9. The largest absolute Gasteiger partial charge is 0.458 e. The van der Waals surface area contributed by atoms with Crippen molar-refractivity contribution in [3.63, 3.8) is 0 Å². The number of hydrogen-bond donors (Lipinski definition) is 1. The fraction of sp³-hybridized carbons (Fsp3) is 0.0952. The maximum atomic E-state index is 12.2. The van der Waals surface area contributed by atoms with Crippen molar-refractivity contribution in [1.29, 1.82) is 0 Å². The van der Waals surface area contributed by atoms with Gasteiger partial charge in [0.2, 0.25) is 0 Å². The molecule has 0 aliphatic rings. The number of nitrogens with one attached hydrogen (secondary N) is 1. The molecule has 0 bridgehead atoms. The molecular formula is C21H22FNO2. The lowest BCUT2D eigenvalue weighted by Gasteiger charge is -2.07. The van der Waals surface area contributed by atoms with Crippen molar-refractivity contribution in [2.45, 2.75) is 6.92 Å². The van der Waals surface area contributed by atoms with E-state index in [-0.39, 0.29) is 5.82 Å². The van der Waals surface area contributed by atoms with E-state index in [0.29, 0.717) is 17.6 Å². The standard InChI is InChI=1S/C14H17NO.C7H5FO/c1-11(2)8-9-12(3)16-14-7-5-6-13(10-14)15-4;8-7-3-1-2-6(4-7)5-9/h5-10,15H,1,3H2,2,4H3;1-5H/b9-8-;. The predicted molar refractivity (Wildman–Crippen MR) is 101 cm³/mol. The van der Waals surface area contributed by atoms with Crippen LogP contribution in [0.1, 0.15) is 17.3 Å². The Balaban J connectivity index is 0.000000293. The molecule has 0 aliphatic heterocycles. The number of allylic oxidation sites excluding steroid dienone is 3. The second kappa shape index (κ2) is 10.6. The Labute approximate surface area is 148 Å². The molecule has 2 aromatic carbocycles. The van der Waals surface area contributed by atoms with Crippen LogP contribution in [-0.4, -0.2) is 13.3 Å². The van der Waals surface area contributed by atoms with Gasteiger partial charge in [-0.1, -0.05) is 43.0 Å². The first-order valence-electron chi connectivity index (χ1n) is 7.63. The Morgan fingerprint density at radius 3 is 2.40 bits per heavy atom. The van der Waals surface area contributed by atoms with Crippen molar-refractivity contribution in [2.75, 3.05) is 12.4 Å². The minimum Gasteiger partial charge on any atom is -0.458 e. The second-order valence-electron chi connectivity index (χ2n) is 5.20. The summed E-state index contributed by atoms with van der Waals surface area (Å²) < 4.78 is 17.7. The summed E-state index contributed by atoms with van der Waals surface area (Å²) >= 11 is 0. The summed E-state index contributed by atoms with van der Waals surface area (Å²) in [5, 5.41) is 3.05. The van der Waals surface area contributed by atoms with Crippen LogP contribution in [0.15, 0.2) is 85.2 Å². The van der Waals surface area contributed by atoms with Gasteiger partial charge in [-0.3, -0.25) is 4.79 Å². The van der Waals surface area contributed by atoms with Gasteiger partial charge in [0.05, 0.1) is 0 Å². The average Bonchev–Trinajstić information content (AvgIpc) is 2.60. The Bertz CT molecular complexity index is 766. The third kappa shape index (κ3) is 8.32. The van der Waals surface area contributed by atoms with Gasteiger partial charge in [-0.25, -0.2) is 4.39 Å². The van der Waals surface area contributed by atoms with E-state index in [9.17, 15) is 9.18 Å². The topological polar surface area (TPSA) is 38.3 Å². The van der Waals surface area contributed by atoms with E-state index in [1.54, 1.807) is 12.1 Å². The van der Waals surface area contributed by atoms with Crippen LogP contribution in [0, 0.1) is 5.82 Å². The molecular weight excluding hydrogens is 317 g/mol. The molecule has 4 heteroatoms. The molecule has 0 spiro atoms. The van der Waals surface area contributed by atoms with Crippen LogP contribution < -0.4 is 10.1 Å². The molecule has 130 valence electrons. The molecule has 2 rings (SSSR count). The first kappa shape index (κ1) is 19.9. The summed E-state index contributed by atoms with van der Waals surface area (Å²) in [6, 6.07) is 13.2. The molecule has 1 N–H and O–H groups in total. The number of halogens is 1. The van der Waals surface area contributed by atoms with Gasteiger partial charge in [-0.05, 0) is 37.3 Å². The van der Waals surface area contributed by atoms with Crippen molar-refractivity contribution in [3.8, 4) is 5.75 Å².